The van der Waals surface area contributed by atoms with Crippen LogP contribution in [0.25, 0.3) is 11.1 Å². The predicted molar refractivity (Wildman–Crippen MR) is 61.3 cm³/mol. The van der Waals surface area contributed by atoms with Crippen molar-refractivity contribution in [1.29, 1.82) is 0 Å². The molecule has 0 bridgehead atoms. The lowest BCUT2D eigenvalue weighted by atomic mass is 10.0. The molecular formula is C14H14. The highest BCUT2D eigenvalue weighted by atomic mass is 14.0. The molecule has 0 aromatic heterocycles. The van der Waals surface area contributed by atoms with E-state index in [2.05, 4.69) is 24.3 Å². The average molecular weight is 183 g/mol. The van der Waals surface area contributed by atoms with E-state index in [9.17, 15) is 0 Å². The third-order valence-corrected chi connectivity index (χ3v) is 2.35. The molecule has 2 rings (SSSR count). The molecule has 0 saturated heterocycles. The largest absolute Gasteiger partial charge is 0.0622 e. The van der Waals surface area contributed by atoms with E-state index < -0.39 is 0 Å². The summed E-state index contributed by atoms with van der Waals surface area (Å²) in [5.41, 5.74) is 3.50. The molecule has 0 fully saturated rings. The van der Waals surface area contributed by atoms with E-state index in [0.29, 0.717) is 0 Å². The van der Waals surface area contributed by atoms with Crippen molar-refractivity contribution in [2.24, 2.45) is 0 Å². The molecule has 0 radical (unpaired) electrons. The maximum Gasteiger partial charge on any atom is 0.0313 e. The van der Waals surface area contributed by atoms with Gasteiger partial charge < -0.3 is 0 Å². The molecule has 0 heteroatoms. The molecular weight excluding hydrogens is 168 g/mol. The Kier molecular flexibility index (Phi) is 2.29. The van der Waals surface area contributed by atoms with Gasteiger partial charge in [0.05, 0.1) is 0 Å². The van der Waals surface area contributed by atoms with Gasteiger partial charge in [-0.15, -0.1) is 0 Å². The molecule has 0 saturated carbocycles. The summed E-state index contributed by atoms with van der Waals surface area (Å²) in [5, 5.41) is 0. The molecule has 0 aliphatic carbocycles. The number of hydrogen-bond acceptors (Lipinski definition) is 0. The van der Waals surface area contributed by atoms with E-state index in [-0.39, 0.29) is 6.40 Å². The molecule has 0 N–H and O–H groups in total. The second-order valence-electron chi connectivity index (χ2n) is 3.28. The molecule has 14 heavy (non-hydrogen) atoms. The lowest BCUT2D eigenvalue weighted by Crippen LogP contribution is -1.80. The minimum absolute atomic E-state index is 0.144. The van der Waals surface area contributed by atoms with Crippen molar-refractivity contribution in [2.45, 2.75) is 13.3 Å². The fourth-order valence-electron chi connectivity index (χ4n) is 1.50. The predicted octanol–water partition coefficient (Wildman–Crippen LogP) is 3.92. The summed E-state index contributed by atoms with van der Waals surface area (Å²) >= 11 is 0. The van der Waals surface area contributed by atoms with Gasteiger partial charge >= 0.3 is 0 Å². The summed E-state index contributed by atoms with van der Waals surface area (Å²) in [5.74, 6) is 0. The molecule has 1 atom stereocenters. The Morgan fingerprint density at radius 2 is 1.43 bits per heavy atom. The molecule has 0 heterocycles. The fraction of sp³-hybridized carbons (Fsp3) is 0.143. The molecule has 0 spiro atoms. The molecule has 0 amide bonds. The van der Waals surface area contributed by atoms with Crippen LogP contribution in [-0.2, 0) is 6.40 Å². The van der Waals surface area contributed by atoms with Crippen molar-refractivity contribution in [2.75, 3.05) is 0 Å². The van der Waals surface area contributed by atoms with Crippen LogP contribution in [0.4, 0.5) is 0 Å². The van der Waals surface area contributed by atoms with Crippen LogP contribution >= 0.6 is 0 Å². The van der Waals surface area contributed by atoms with E-state index in [4.69, 9.17) is 1.37 Å². The lowest BCUT2D eigenvalue weighted by molar-refractivity contribution is 1.14. The van der Waals surface area contributed by atoms with E-state index in [1.54, 1.807) is 0 Å². The van der Waals surface area contributed by atoms with Gasteiger partial charge in [-0.2, -0.15) is 0 Å². The zero-order chi connectivity index (χ0) is 10.7. The molecule has 0 aliphatic heterocycles. The van der Waals surface area contributed by atoms with Crippen molar-refractivity contribution in [3.05, 3.63) is 60.2 Å². The second-order valence-corrected chi connectivity index (χ2v) is 3.28. The van der Waals surface area contributed by atoms with Gasteiger partial charge in [0.2, 0.25) is 0 Å². The third kappa shape index (κ3) is 1.85. The normalized spacial score (nSPS) is 13.4. The molecule has 0 aliphatic rings. The summed E-state index contributed by atoms with van der Waals surface area (Å²) in [4.78, 5) is 0. The Morgan fingerprint density at radius 3 is 2.00 bits per heavy atom. The minimum atomic E-state index is -0.144. The van der Waals surface area contributed by atoms with Gasteiger partial charge in [0.25, 0.3) is 0 Å². The van der Waals surface area contributed by atoms with Crippen LogP contribution in [0, 0.1) is 0 Å². The summed E-state index contributed by atoms with van der Waals surface area (Å²) in [6.45, 7) is 1.89. The first-order valence-electron chi connectivity index (χ1n) is 5.43. The van der Waals surface area contributed by atoms with E-state index in [1.807, 2.05) is 37.3 Å². The summed E-state index contributed by atoms with van der Waals surface area (Å²) < 4.78 is 7.59. The highest BCUT2D eigenvalue weighted by molar-refractivity contribution is 5.63. The second kappa shape index (κ2) is 4.10. The third-order valence-electron chi connectivity index (χ3n) is 2.35. The molecule has 1 unspecified atom stereocenters. The topological polar surface area (TPSA) is 0 Å². The summed E-state index contributed by atoms with van der Waals surface area (Å²) in [7, 11) is 0. The van der Waals surface area contributed by atoms with Gasteiger partial charge in [-0.05, 0) is 23.1 Å². The van der Waals surface area contributed by atoms with E-state index >= 15 is 0 Å². The first-order chi connectivity index (χ1) is 7.27. The number of hydrogen-bond donors (Lipinski definition) is 0. The van der Waals surface area contributed by atoms with Gasteiger partial charge in [-0.3, -0.25) is 0 Å². The number of aryl methyl sites for hydroxylation is 1. The summed E-state index contributed by atoms with van der Waals surface area (Å²) in [6, 6.07) is 18.5. The Morgan fingerprint density at radius 1 is 0.857 bits per heavy atom. The quantitative estimate of drug-likeness (QED) is 0.662. The van der Waals surface area contributed by atoms with Gasteiger partial charge in [0.15, 0.2) is 0 Å². The lowest BCUT2D eigenvalue weighted by Gasteiger charge is -2.02. The highest BCUT2D eigenvalue weighted by Gasteiger charge is 1.95. The van der Waals surface area contributed by atoms with Gasteiger partial charge in [0.1, 0.15) is 0 Å². The monoisotopic (exact) mass is 183 g/mol. The zero-order valence-electron chi connectivity index (χ0n) is 9.27. The van der Waals surface area contributed by atoms with Crippen LogP contribution in [-0.4, -0.2) is 0 Å². The Balaban J connectivity index is 2.32. The van der Waals surface area contributed by atoms with Crippen LogP contribution in [0.1, 0.15) is 13.9 Å². The van der Waals surface area contributed by atoms with E-state index in [1.165, 1.54) is 11.1 Å². The van der Waals surface area contributed by atoms with Crippen molar-refractivity contribution >= 4 is 0 Å². The Hall–Kier alpha value is -1.56. The molecule has 70 valence electrons. The van der Waals surface area contributed by atoms with Crippen LogP contribution < -0.4 is 0 Å². The summed E-state index contributed by atoms with van der Waals surface area (Å²) in [6.07, 6.45) is -0.144. The van der Waals surface area contributed by atoms with Crippen molar-refractivity contribution in [3.63, 3.8) is 0 Å². The van der Waals surface area contributed by atoms with Crippen LogP contribution in [0.15, 0.2) is 54.6 Å². The Bertz CT molecular complexity index is 415. The molecule has 2 aromatic carbocycles. The van der Waals surface area contributed by atoms with E-state index in [0.717, 1.165) is 5.56 Å². The highest BCUT2D eigenvalue weighted by Crippen LogP contribution is 2.19. The van der Waals surface area contributed by atoms with Crippen molar-refractivity contribution < 1.29 is 1.37 Å². The number of rotatable bonds is 2. The van der Waals surface area contributed by atoms with Crippen LogP contribution in [0.3, 0.4) is 0 Å². The van der Waals surface area contributed by atoms with Crippen molar-refractivity contribution in [1.82, 2.24) is 0 Å². The SMILES string of the molecule is [2H]C(C)c1ccc(-c2ccccc2)cc1. The maximum atomic E-state index is 7.59. The molecule has 0 nitrogen and oxygen atoms in total. The van der Waals surface area contributed by atoms with Crippen molar-refractivity contribution in [3.8, 4) is 11.1 Å². The smallest absolute Gasteiger partial charge is 0.0313 e. The van der Waals surface area contributed by atoms with Gasteiger partial charge in [-0.25, -0.2) is 0 Å². The number of benzene rings is 2. The first-order valence-corrected chi connectivity index (χ1v) is 4.85. The molecule has 2 aromatic rings. The maximum absolute atomic E-state index is 7.59. The average Bonchev–Trinajstić information content (AvgIpc) is 2.30. The van der Waals surface area contributed by atoms with Crippen LogP contribution in [0.2, 0.25) is 0 Å². The minimum Gasteiger partial charge on any atom is -0.0622 e. The first kappa shape index (κ1) is 7.81. The zero-order valence-corrected chi connectivity index (χ0v) is 8.27. The fourth-order valence-corrected chi connectivity index (χ4v) is 1.50. The van der Waals surface area contributed by atoms with Crippen LogP contribution in [0.5, 0.6) is 0 Å². The Labute approximate surface area is 86.6 Å². The standard InChI is InChI=1S/C14H14/c1-2-12-8-10-14(11-9-12)13-6-4-3-5-7-13/h3-11H,2H2,1H3/i2D. The van der Waals surface area contributed by atoms with Gasteiger partial charge in [-0.1, -0.05) is 61.5 Å². The van der Waals surface area contributed by atoms with Gasteiger partial charge in [0, 0.05) is 1.37 Å².